The summed E-state index contributed by atoms with van der Waals surface area (Å²) in [5, 5.41) is 0. The van der Waals surface area contributed by atoms with Gasteiger partial charge in [0.1, 0.15) is 11.5 Å². The molecule has 0 amide bonds. The third kappa shape index (κ3) is 2.99. The number of nitrogens with zero attached hydrogens (tertiary/aromatic N) is 2. The molecule has 0 unspecified atom stereocenters. The highest BCUT2D eigenvalue weighted by Crippen LogP contribution is 2.27. The third-order valence-corrected chi connectivity index (χ3v) is 4.92. The number of imidazole rings is 1. The van der Waals surface area contributed by atoms with E-state index in [1.165, 1.54) is 23.2 Å². The van der Waals surface area contributed by atoms with Crippen LogP contribution in [0.4, 0.5) is 10.1 Å². The van der Waals surface area contributed by atoms with Gasteiger partial charge < -0.3 is 0 Å². The van der Waals surface area contributed by atoms with Gasteiger partial charge >= 0.3 is 5.69 Å². The summed E-state index contributed by atoms with van der Waals surface area (Å²) in [5.41, 5.74) is 4.36. The smallest absolute Gasteiger partial charge is 0.260 e. The van der Waals surface area contributed by atoms with Gasteiger partial charge in [0.05, 0.1) is 28.3 Å². The molecule has 0 aliphatic carbocycles. The Morgan fingerprint density at radius 2 is 1.59 bits per heavy atom. The fourth-order valence-corrected chi connectivity index (χ4v) is 3.54. The van der Waals surface area contributed by atoms with Gasteiger partial charge in [-0.25, -0.2) is 14.0 Å². The average Bonchev–Trinajstić information content (AvgIpc) is 2.97. The first-order valence-corrected chi connectivity index (χ1v) is 9.04. The van der Waals surface area contributed by atoms with Crippen molar-refractivity contribution in [1.82, 2.24) is 9.13 Å². The normalized spacial score (nSPS) is 11.2. The molecule has 4 aromatic rings. The summed E-state index contributed by atoms with van der Waals surface area (Å²) in [7, 11) is 1.51. The molecule has 27 heavy (non-hydrogen) atoms. The van der Waals surface area contributed by atoms with Gasteiger partial charge in [0.25, 0.3) is 0 Å². The molecule has 0 bridgehead atoms. The molecule has 4 rings (SSSR count). The Morgan fingerprint density at radius 3 is 2.26 bits per heavy atom. The lowest BCUT2D eigenvalue weighted by molar-refractivity contribution is -0.830. The Kier molecular flexibility index (Phi) is 4.65. The Bertz CT molecular complexity index is 1190. The second-order valence-electron chi connectivity index (χ2n) is 5.96. The fraction of sp³-hybridized carbons (Fsp3) is 0.0500. The standard InChI is InChI=1S/C20H15BrFN3O2/c1-27-23-16-11-14(21)15(22)12-19(16)25-18-10-6-5-9-17(18)24(20(25)26)13-7-3-2-4-8-13/h2-12,23H,1H3/p+1. The van der Waals surface area contributed by atoms with Gasteiger partial charge in [0.15, 0.2) is 5.69 Å². The van der Waals surface area contributed by atoms with Crippen molar-refractivity contribution < 1.29 is 14.7 Å². The molecular weight excluding hydrogens is 413 g/mol. The highest BCUT2D eigenvalue weighted by molar-refractivity contribution is 9.10. The number of rotatable bonds is 4. The molecule has 0 spiro atoms. The van der Waals surface area contributed by atoms with Gasteiger partial charge in [0.2, 0.25) is 0 Å². The van der Waals surface area contributed by atoms with E-state index in [2.05, 4.69) is 15.9 Å². The molecule has 0 saturated carbocycles. The van der Waals surface area contributed by atoms with Crippen molar-refractivity contribution in [2.45, 2.75) is 0 Å². The Labute approximate surface area is 162 Å². The number of quaternary nitrogens is 1. The second kappa shape index (κ2) is 7.11. The van der Waals surface area contributed by atoms with Crippen LogP contribution in [0.2, 0.25) is 0 Å². The van der Waals surface area contributed by atoms with E-state index in [1.54, 1.807) is 10.6 Å². The lowest BCUT2D eigenvalue weighted by Crippen LogP contribution is -2.76. The molecule has 7 heteroatoms. The van der Waals surface area contributed by atoms with Crippen LogP contribution in [0.5, 0.6) is 0 Å². The van der Waals surface area contributed by atoms with Crippen molar-refractivity contribution in [3.63, 3.8) is 0 Å². The summed E-state index contributed by atoms with van der Waals surface area (Å²) < 4.78 is 17.7. The zero-order valence-corrected chi connectivity index (χ0v) is 16.0. The van der Waals surface area contributed by atoms with Gasteiger partial charge in [-0.1, -0.05) is 30.3 Å². The lowest BCUT2D eigenvalue weighted by atomic mass is 10.2. The van der Waals surface area contributed by atoms with Gasteiger partial charge in [-0.3, -0.25) is 9.13 Å². The minimum absolute atomic E-state index is 0.283. The van der Waals surface area contributed by atoms with E-state index >= 15 is 0 Å². The zero-order valence-electron chi connectivity index (χ0n) is 14.4. The Hall–Kier alpha value is -2.74. The molecule has 5 nitrogen and oxygen atoms in total. The SMILES string of the molecule is CO[NH2+]c1cc(Br)c(F)cc1-n1c(=O)n(-c2ccccc2)c2ccccc21. The predicted octanol–water partition coefficient (Wildman–Crippen LogP) is 3.44. The van der Waals surface area contributed by atoms with Gasteiger partial charge in [-0.15, -0.1) is 0 Å². The summed E-state index contributed by atoms with van der Waals surface area (Å²) in [5.74, 6) is -0.457. The van der Waals surface area contributed by atoms with Crippen LogP contribution in [0.25, 0.3) is 22.4 Å². The van der Waals surface area contributed by atoms with E-state index in [0.717, 1.165) is 11.2 Å². The highest BCUT2D eigenvalue weighted by Gasteiger charge is 2.21. The van der Waals surface area contributed by atoms with Gasteiger partial charge in [0, 0.05) is 12.1 Å². The first kappa shape index (κ1) is 17.7. The maximum absolute atomic E-state index is 14.3. The predicted molar refractivity (Wildman–Crippen MR) is 105 cm³/mol. The molecule has 1 aromatic heterocycles. The molecule has 0 aliphatic heterocycles. The second-order valence-corrected chi connectivity index (χ2v) is 6.81. The zero-order chi connectivity index (χ0) is 19.0. The van der Waals surface area contributed by atoms with E-state index < -0.39 is 5.82 Å². The number of aromatic nitrogens is 2. The van der Waals surface area contributed by atoms with Gasteiger partial charge in [-0.2, -0.15) is 5.48 Å². The van der Waals surface area contributed by atoms with Crippen molar-refractivity contribution in [3.8, 4) is 11.4 Å². The van der Waals surface area contributed by atoms with E-state index in [1.807, 2.05) is 54.6 Å². The van der Waals surface area contributed by atoms with Crippen LogP contribution in [-0.2, 0) is 4.84 Å². The van der Waals surface area contributed by atoms with Crippen molar-refractivity contribution in [2.75, 3.05) is 7.11 Å². The minimum atomic E-state index is -0.457. The van der Waals surface area contributed by atoms with Crippen molar-refractivity contribution in [1.29, 1.82) is 0 Å². The number of nitrogens with two attached hydrogens (primary N) is 1. The van der Waals surface area contributed by atoms with Crippen LogP contribution >= 0.6 is 15.9 Å². The number of fused-ring (bicyclic) bond motifs is 1. The van der Waals surface area contributed by atoms with Crippen molar-refractivity contribution >= 4 is 32.7 Å². The van der Waals surface area contributed by atoms with E-state index in [-0.39, 0.29) is 5.69 Å². The molecule has 0 saturated heterocycles. The average molecular weight is 429 g/mol. The highest BCUT2D eigenvalue weighted by atomic mass is 79.9. The van der Waals surface area contributed by atoms with Crippen molar-refractivity contribution in [2.24, 2.45) is 0 Å². The largest absolute Gasteiger partial charge is 0.338 e. The maximum Gasteiger partial charge on any atom is 0.338 e. The van der Waals surface area contributed by atoms with E-state index in [9.17, 15) is 9.18 Å². The molecule has 0 radical (unpaired) electrons. The number of para-hydroxylation sites is 3. The molecule has 0 fully saturated rings. The first-order valence-electron chi connectivity index (χ1n) is 8.25. The quantitative estimate of drug-likeness (QED) is 0.399. The monoisotopic (exact) mass is 428 g/mol. The maximum atomic E-state index is 14.3. The summed E-state index contributed by atoms with van der Waals surface area (Å²) in [6.45, 7) is 0. The number of benzene rings is 3. The molecule has 2 N–H and O–H groups in total. The summed E-state index contributed by atoms with van der Waals surface area (Å²) in [6, 6.07) is 19.7. The van der Waals surface area contributed by atoms with Crippen LogP contribution in [-0.4, -0.2) is 16.2 Å². The molecular formula is C20H16BrFN3O2+. The number of hydrogen-bond donors (Lipinski definition) is 1. The first-order chi connectivity index (χ1) is 13.1. The van der Waals surface area contributed by atoms with Crippen LogP contribution in [0.3, 0.4) is 0 Å². The van der Waals surface area contributed by atoms with Crippen LogP contribution in [0, 0.1) is 5.82 Å². The molecule has 1 heterocycles. The molecule has 0 atom stereocenters. The fourth-order valence-electron chi connectivity index (χ4n) is 3.17. The summed E-state index contributed by atoms with van der Waals surface area (Å²) in [6.07, 6.45) is 0. The topological polar surface area (TPSA) is 52.8 Å². The van der Waals surface area contributed by atoms with E-state index in [4.69, 9.17) is 4.84 Å². The number of hydrogen-bond acceptors (Lipinski definition) is 2. The molecule has 136 valence electrons. The van der Waals surface area contributed by atoms with Crippen molar-refractivity contribution in [3.05, 3.63) is 87.5 Å². The van der Waals surface area contributed by atoms with Crippen LogP contribution in [0.15, 0.2) is 76.0 Å². The lowest BCUT2D eigenvalue weighted by Gasteiger charge is -2.08. The Morgan fingerprint density at radius 1 is 0.963 bits per heavy atom. The molecule has 0 aliphatic rings. The third-order valence-electron chi connectivity index (χ3n) is 4.32. The van der Waals surface area contributed by atoms with Crippen LogP contribution in [0.1, 0.15) is 0 Å². The number of halogens is 2. The summed E-state index contributed by atoms with van der Waals surface area (Å²) >= 11 is 3.19. The minimum Gasteiger partial charge on any atom is -0.260 e. The van der Waals surface area contributed by atoms with Gasteiger partial charge in [-0.05, 0) is 40.2 Å². The Balaban J connectivity index is 2.10. The van der Waals surface area contributed by atoms with E-state index in [0.29, 0.717) is 21.4 Å². The summed E-state index contributed by atoms with van der Waals surface area (Å²) in [4.78, 5) is 18.5. The molecule has 3 aromatic carbocycles. The van der Waals surface area contributed by atoms with Crippen LogP contribution < -0.4 is 11.2 Å².